The van der Waals surface area contributed by atoms with Crippen LogP contribution < -0.4 is 15.0 Å². The molecule has 3 aromatic rings. The van der Waals surface area contributed by atoms with Crippen LogP contribution >= 0.6 is 11.6 Å². The van der Waals surface area contributed by atoms with Crippen molar-refractivity contribution in [3.05, 3.63) is 66.1 Å². The zero-order chi connectivity index (χ0) is 24.3. The molecule has 0 spiro atoms. The van der Waals surface area contributed by atoms with Crippen LogP contribution in [0.3, 0.4) is 0 Å². The van der Waals surface area contributed by atoms with Gasteiger partial charge in [0.15, 0.2) is 0 Å². The summed E-state index contributed by atoms with van der Waals surface area (Å²) in [6.45, 7) is 0.952. The zero-order valence-corrected chi connectivity index (χ0v) is 18.3. The summed E-state index contributed by atoms with van der Waals surface area (Å²) in [5, 5.41) is 22.2. The number of benzene rings is 1. The second-order valence-corrected chi connectivity index (χ2v) is 7.98. The lowest BCUT2D eigenvalue weighted by atomic mass is 10.0. The average molecular weight is 486 g/mol. The van der Waals surface area contributed by atoms with Crippen LogP contribution in [0.25, 0.3) is 11.1 Å². The van der Waals surface area contributed by atoms with Crippen LogP contribution in [0.15, 0.2) is 55.0 Å². The first-order valence-electron chi connectivity index (χ1n) is 10.2. The van der Waals surface area contributed by atoms with Crippen LogP contribution in [0, 0.1) is 11.3 Å². The van der Waals surface area contributed by atoms with Crippen LogP contribution in [0.4, 0.5) is 20.3 Å². The van der Waals surface area contributed by atoms with Gasteiger partial charge in [0.25, 0.3) is 5.91 Å². The quantitative estimate of drug-likeness (QED) is 0.507. The summed E-state index contributed by atoms with van der Waals surface area (Å²) in [4.78, 5) is 23.4. The molecule has 1 amide bonds. The summed E-state index contributed by atoms with van der Waals surface area (Å²) in [6, 6.07) is 10.6. The van der Waals surface area contributed by atoms with Crippen molar-refractivity contribution >= 4 is 29.0 Å². The van der Waals surface area contributed by atoms with E-state index in [0.717, 1.165) is 0 Å². The number of hydrogen-bond donors (Lipinski definition) is 2. The van der Waals surface area contributed by atoms with Gasteiger partial charge in [0.1, 0.15) is 11.6 Å². The van der Waals surface area contributed by atoms with Gasteiger partial charge >= 0.3 is 5.57 Å². The zero-order valence-electron chi connectivity index (χ0n) is 17.6. The SMILES string of the molecule is N#Cc1ccncc1-c1cc(C(=O)Nc2ccc(OC(F)(F)Cl)cc2)cnc1N1CC[C@@H](O)C1. The summed E-state index contributed by atoms with van der Waals surface area (Å²) < 4.78 is 29.8. The van der Waals surface area contributed by atoms with Gasteiger partial charge in [-0.15, -0.1) is 8.78 Å². The number of nitrogens with zero attached hydrogens (tertiary/aromatic N) is 4. The Labute approximate surface area is 198 Å². The van der Waals surface area contributed by atoms with Gasteiger partial charge in [-0.1, -0.05) is 0 Å². The summed E-state index contributed by atoms with van der Waals surface area (Å²) in [5.41, 5.74) is -1.90. The number of pyridine rings is 2. The van der Waals surface area contributed by atoms with Crippen LogP contribution in [0.1, 0.15) is 22.3 Å². The molecule has 4 rings (SSSR count). The van der Waals surface area contributed by atoms with Crippen molar-refractivity contribution < 1.29 is 23.4 Å². The molecule has 174 valence electrons. The van der Waals surface area contributed by atoms with E-state index >= 15 is 0 Å². The Morgan fingerprint density at radius 3 is 2.68 bits per heavy atom. The lowest BCUT2D eigenvalue weighted by Crippen LogP contribution is -2.23. The van der Waals surface area contributed by atoms with Gasteiger partial charge in [0, 0.05) is 60.1 Å². The van der Waals surface area contributed by atoms with E-state index in [1.807, 2.05) is 4.90 Å². The maximum Gasteiger partial charge on any atom is 0.487 e. The Bertz CT molecular complexity index is 1240. The fourth-order valence-corrected chi connectivity index (χ4v) is 3.70. The van der Waals surface area contributed by atoms with Crippen LogP contribution in [0.5, 0.6) is 5.75 Å². The van der Waals surface area contributed by atoms with Gasteiger partial charge in [-0.2, -0.15) is 5.26 Å². The molecule has 0 radical (unpaired) electrons. The third-order valence-corrected chi connectivity index (χ3v) is 5.25. The highest BCUT2D eigenvalue weighted by Gasteiger charge is 2.28. The second kappa shape index (κ2) is 9.59. The largest absolute Gasteiger partial charge is 0.487 e. The number of amides is 1. The average Bonchev–Trinajstić information content (AvgIpc) is 3.25. The molecule has 1 aliphatic heterocycles. The van der Waals surface area contributed by atoms with Gasteiger partial charge in [0.2, 0.25) is 0 Å². The summed E-state index contributed by atoms with van der Waals surface area (Å²) in [6.07, 6.45) is 4.51. The van der Waals surface area contributed by atoms with E-state index in [-0.39, 0.29) is 11.3 Å². The Morgan fingerprint density at radius 2 is 2.03 bits per heavy atom. The first-order chi connectivity index (χ1) is 16.2. The Morgan fingerprint density at radius 1 is 1.26 bits per heavy atom. The molecule has 1 aliphatic rings. The highest BCUT2D eigenvalue weighted by molar-refractivity contribution is 6.20. The standard InChI is InChI=1S/C23H18ClF2N5O3/c24-23(25,26)34-18-3-1-16(2-4-18)30-22(33)15-9-19(20-12-28-7-5-14(20)10-27)21(29-11-15)31-8-6-17(32)13-31/h1-5,7,9,11-12,17,32H,6,8,13H2,(H,30,33)/t17-/m1/s1. The number of rotatable bonds is 6. The molecule has 1 saturated heterocycles. The Balaban J connectivity index is 1.64. The molecule has 0 bridgehead atoms. The highest BCUT2D eigenvalue weighted by atomic mass is 35.5. The molecule has 11 heteroatoms. The van der Waals surface area contributed by atoms with Gasteiger partial charge in [0.05, 0.1) is 23.3 Å². The molecule has 8 nitrogen and oxygen atoms in total. The molecule has 1 fully saturated rings. The smallest absolute Gasteiger partial charge is 0.420 e. The summed E-state index contributed by atoms with van der Waals surface area (Å²) in [7, 11) is 0. The van der Waals surface area contributed by atoms with Crippen LogP contribution in [-0.4, -0.2) is 45.7 Å². The number of aromatic nitrogens is 2. The van der Waals surface area contributed by atoms with E-state index in [0.29, 0.717) is 47.7 Å². The van der Waals surface area contributed by atoms with Gasteiger partial charge in [-0.3, -0.25) is 9.78 Å². The fraction of sp³-hybridized carbons (Fsp3) is 0.217. The molecule has 34 heavy (non-hydrogen) atoms. The number of nitrogens with one attached hydrogen (secondary N) is 1. The maximum atomic E-state index is 12.9. The Hall–Kier alpha value is -3.81. The minimum absolute atomic E-state index is 0.167. The van der Waals surface area contributed by atoms with Crippen molar-refractivity contribution in [3.63, 3.8) is 0 Å². The van der Waals surface area contributed by atoms with E-state index in [1.54, 1.807) is 12.1 Å². The molecule has 2 N–H and O–H groups in total. The first kappa shape index (κ1) is 23.4. The van der Waals surface area contributed by atoms with Crippen molar-refractivity contribution in [1.82, 2.24) is 9.97 Å². The second-order valence-electron chi connectivity index (χ2n) is 7.54. The number of hydrogen-bond acceptors (Lipinski definition) is 7. The van der Waals surface area contributed by atoms with E-state index in [1.165, 1.54) is 42.9 Å². The lowest BCUT2D eigenvalue weighted by molar-refractivity contribution is -0.0964. The van der Waals surface area contributed by atoms with Crippen molar-refractivity contribution in [2.75, 3.05) is 23.3 Å². The minimum Gasteiger partial charge on any atom is -0.420 e. The topological polar surface area (TPSA) is 111 Å². The number of aliphatic hydroxyl groups is 1. The lowest BCUT2D eigenvalue weighted by Gasteiger charge is -2.21. The molecular formula is C23H18ClF2N5O3. The van der Waals surface area contributed by atoms with Gasteiger partial charge < -0.3 is 20.1 Å². The van der Waals surface area contributed by atoms with Gasteiger partial charge in [-0.25, -0.2) is 4.98 Å². The molecule has 2 aromatic heterocycles. The number of alkyl halides is 3. The maximum absolute atomic E-state index is 12.9. The summed E-state index contributed by atoms with van der Waals surface area (Å²) in [5.74, 6) is -0.138. The molecule has 0 aliphatic carbocycles. The number of halogens is 3. The number of β-amino-alcohol motifs (C(OH)–C–C–N with tert-alkyl or cyclic N) is 1. The monoisotopic (exact) mass is 485 g/mol. The predicted octanol–water partition coefficient (Wildman–Crippen LogP) is 4.01. The molecule has 0 unspecified atom stereocenters. The number of anilines is 2. The van der Waals surface area contributed by atoms with E-state index in [4.69, 9.17) is 11.6 Å². The van der Waals surface area contributed by atoms with Crippen molar-refractivity contribution in [3.8, 4) is 22.9 Å². The molecule has 1 atom stereocenters. The van der Waals surface area contributed by atoms with Gasteiger partial charge in [-0.05, 0) is 42.8 Å². The number of carbonyl (C=O) groups is 1. The third-order valence-electron chi connectivity index (χ3n) is 5.17. The van der Waals surface area contributed by atoms with Crippen molar-refractivity contribution in [2.24, 2.45) is 0 Å². The number of nitriles is 1. The first-order valence-corrected chi connectivity index (χ1v) is 10.6. The molecule has 1 aromatic carbocycles. The molecule has 0 saturated carbocycles. The predicted molar refractivity (Wildman–Crippen MR) is 121 cm³/mol. The van der Waals surface area contributed by atoms with Crippen molar-refractivity contribution in [2.45, 2.75) is 18.1 Å². The fourth-order valence-electron chi connectivity index (χ4n) is 3.62. The number of carbonyl (C=O) groups excluding carboxylic acids is 1. The van der Waals surface area contributed by atoms with E-state index in [2.05, 4.69) is 26.1 Å². The Kier molecular flexibility index (Phi) is 6.58. The van der Waals surface area contributed by atoms with Crippen LogP contribution in [0.2, 0.25) is 0 Å². The molecular weight excluding hydrogens is 468 g/mol. The summed E-state index contributed by atoms with van der Waals surface area (Å²) >= 11 is 4.75. The number of aliphatic hydroxyl groups excluding tert-OH is 1. The normalized spacial score (nSPS) is 15.6. The number of ether oxygens (including phenoxy) is 1. The highest BCUT2D eigenvalue weighted by Crippen LogP contribution is 2.34. The molecule has 3 heterocycles. The minimum atomic E-state index is -3.84. The van der Waals surface area contributed by atoms with Crippen molar-refractivity contribution in [1.29, 1.82) is 5.26 Å². The third kappa shape index (κ3) is 5.39. The van der Waals surface area contributed by atoms with E-state index < -0.39 is 17.6 Å². The van der Waals surface area contributed by atoms with Crippen LogP contribution in [-0.2, 0) is 0 Å². The van der Waals surface area contributed by atoms with E-state index in [9.17, 15) is 23.9 Å².